The number of benzene rings is 2. The summed E-state index contributed by atoms with van der Waals surface area (Å²) in [7, 11) is 0. The molecular weight excluding hydrogens is 1100 g/mol. The van der Waals surface area contributed by atoms with E-state index in [1.807, 2.05) is 19.1 Å². The normalized spacial score (nSPS) is 35.1. The predicted molar refractivity (Wildman–Crippen MR) is 268 cm³/mol. The molecule has 4 fully saturated rings. The number of non-ortho nitro benzene ring substituents is 1. The highest BCUT2D eigenvalue weighted by Gasteiger charge is 2.52. The summed E-state index contributed by atoms with van der Waals surface area (Å²) in [5, 5.41) is 170. The van der Waals surface area contributed by atoms with Gasteiger partial charge in [0.15, 0.2) is 25.2 Å². The van der Waals surface area contributed by atoms with Crippen LogP contribution < -0.4 is 15.5 Å². The van der Waals surface area contributed by atoms with E-state index < -0.39 is 172 Å². The molecule has 450 valence electrons. The van der Waals surface area contributed by atoms with Gasteiger partial charge in [0.1, 0.15) is 109 Å². The average molecular weight is 1170 g/mol. The Hall–Kier alpha value is -4.37. The van der Waals surface area contributed by atoms with Crippen LogP contribution in [0.3, 0.4) is 0 Å². The number of anilines is 1. The van der Waals surface area contributed by atoms with Gasteiger partial charge in [-0.3, -0.25) is 19.7 Å². The van der Waals surface area contributed by atoms with Gasteiger partial charge in [-0.1, -0.05) is 24.4 Å². The van der Waals surface area contributed by atoms with E-state index in [-0.39, 0.29) is 29.2 Å². The summed E-state index contributed by atoms with van der Waals surface area (Å²) in [6.45, 7) is 0.742. The number of aliphatic hydroxyl groups is 14. The number of aliphatic hydroxyl groups excluding tert-OH is 14. The number of likely N-dealkylation sites (N-methyl/N-ethyl adjacent to an activating group) is 1. The van der Waals surface area contributed by atoms with Gasteiger partial charge in [-0.2, -0.15) is 5.11 Å². The summed E-state index contributed by atoms with van der Waals surface area (Å²) in [6, 6.07) is 11.0. The second-order valence-electron chi connectivity index (χ2n) is 19.4. The van der Waals surface area contributed by atoms with Crippen LogP contribution in [0.25, 0.3) is 0 Å². The van der Waals surface area contributed by atoms with Crippen molar-refractivity contribution in [1.82, 2.24) is 10.6 Å². The molecule has 4 heterocycles. The fourth-order valence-electron chi connectivity index (χ4n) is 9.21. The molecule has 0 radical (unpaired) electrons. The summed E-state index contributed by atoms with van der Waals surface area (Å²) in [6.07, 6.45) is -35.4. The SMILES string of the molecule is CCN(CCOCCCCCC(C(=O)NC[C@H]1O[C@@H](O[C@H]2[C@H](O)[C@@H](O)C(O)O[C@@H]2CO)[C@H](O)[C@@H](O)[C@H]1O)C(=O)NC[C@H]1O[C@@H](O[C@H]2[C@H](O)[C@@H](O)C(O)O[C@@H]2CO)[C@H](O)[C@@H](O)[C@H]1O)c1ccc(N=Nc2ccc([N+](=O)[O-])cc2Cl)cc1. The first-order valence-corrected chi connectivity index (χ1v) is 26.1. The first-order valence-electron chi connectivity index (χ1n) is 25.8. The number of amides is 2. The van der Waals surface area contributed by atoms with E-state index >= 15 is 0 Å². The number of hydrogen-bond donors (Lipinski definition) is 16. The van der Waals surface area contributed by atoms with Gasteiger partial charge < -0.3 is 120 Å². The second kappa shape index (κ2) is 30.3. The molecule has 20 atom stereocenters. The fourth-order valence-corrected chi connectivity index (χ4v) is 9.43. The van der Waals surface area contributed by atoms with Crippen LogP contribution in [0.4, 0.5) is 22.7 Å². The maximum Gasteiger partial charge on any atom is 0.271 e. The third-order valence-electron chi connectivity index (χ3n) is 14.0. The number of unbranched alkanes of at least 4 members (excludes halogenated alkanes) is 2. The van der Waals surface area contributed by atoms with Crippen molar-refractivity contribution in [3.63, 3.8) is 0 Å². The minimum atomic E-state index is -2.00. The standard InChI is InChI=1S/C48H71ClN6O25/c1-2-54(22-9-7-21(8-10-22)52-53-26-12-11-23(55(72)73)16-25(26)49)13-15-74-14-5-3-4-6-24(43(68)50-17-27-31(58)33(60)39(66)47(77-27)79-41-29(19-56)75-45(70)37(64)35(41)62)44(69)51-18-28-32(59)34(61)40(67)48(78-28)80-42-30(20-57)76-46(71)38(65)36(42)63/h7-12,16,24,27-42,45-48,56-67,70-71H,2-6,13-15,17-20H2,1H3,(H,50,68)(H,51,69)/t24?,27-,28-,29-,30-,31+,32+,33+,34+,35-,36-,37-,38-,39-,40-,41-,42-,45?,46?,47+,48+/m1/s1. The summed E-state index contributed by atoms with van der Waals surface area (Å²) in [5.74, 6) is -3.43. The van der Waals surface area contributed by atoms with E-state index in [4.69, 9.17) is 44.8 Å². The highest BCUT2D eigenvalue weighted by Crippen LogP contribution is 2.33. The lowest BCUT2D eigenvalue weighted by Gasteiger charge is -2.45. The van der Waals surface area contributed by atoms with Crippen LogP contribution >= 0.6 is 11.6 Å². The van der Waals surface area contributed by atoms with E-state index in [0.29, 0.717) is 44.8 Å². The molecule has 0 aliphatic carbocycles. The van der Waals surface area contributed by atoms with Crippen molar-refractivity contribution >= 4 is 46.2 Å². The smallest absolute Gasteiger partial charge is 0.271 e. The first kappa shape index (κ1) is 64.8. The Morgan fingerprint density at radius 3 is 1.62 bits per heavy atom. The molecule has 4 saturated heterocycles. The summed E-state index contributed by atoms with van der Waals surface area (Å²) >= 11 is 6.12. The average Bonchev–Trinajstić information content (AvgIpc) is 3.52. The Morgan fingerprint density at radius 1 is 0.650 bits per heavy atom. The van der Waals surface area contributed by atoms with Crippen LogP contribution in [0.2, 0.25) is 5.02 Å². The molecular formula is C48H71ClN6O25. The Kier molecular flexibility index (Phi) is 24.5. The number of halogens is 1. The quantitative estimate of drug-likeness (QED) is 0.0138. The molecule has 0 spiro atoms. The van der Waals surface area contributed by atoms with Crippen LogP contribution in [0.5, 0.6) is 0 Å². The molecule has 2 amide bonds. The molecule has 2 aromatic rings. The maximum atomic E-state index is 13.9. The highest BCUT2D eigenvalue weighted by molar-refractivity contribution is 6.33. The zero-order valence-corrected chi connectivity index (χ0v) is 43.8. The molecule has 31 nitrogen and oxygen atoms in total. The van der Waals surface area contributed by atoms with Crippen molar-refractivity contribution in [2.45, 2.75) is 155 Å². The molecule has 0 aromatic heterocycles. The molecule has 80 heavy (non-hydrogen) atoms. The van der Waals surface area contributed by atoms with Gasteiger partial charge in [-0.25, -0.2) is 0 Å². The first-order chi connectivity index (χ1) is 38.1. The van der Waals surface area contributed by atoms with Crippen molar-refractivity contribution in [2.24, 2.45) is 16.1 Å². The Morgan fingerprint density at radius 2 is 1.16 bits per heavy atom. The van der Waals surface area contributed by atoms with Crippen molar-refractivity contribution in [3.05, 3.63) is 57.6 Å². The molecule has 4 aliphatic rings. The van der Waals surface area contributed by atoms with E-state index in [2.05, 4.69) is 25.8 Å². The lowest BCUT2D eigenvalue weighted by Crippen LogP contribution is -2.65. The van der Waals surface area contributed by atoms with Gasteiger partial charge in [0.25, 0.3) is 5.69 Å². The fraction of sp³-hybridized carbons (Fsp3) is 0.708. The molecule has 2 aromatic carbocycles. The van der Waals surface area contributed by atoms with Gasteiger partial charge >= 0.3 is 0 Å². The number of nitrogens with zero attached hydrogens (tertiary/aromatic N) is 4. The Labute approximate surface area is 461 Å². The molecule has 32 heteroatoms. The van der Waals surface area contributed by atoms with Crippen LogP contribution in [-0.2, 0) is 42.7 Å². The lowest BCUT2D eigenvalue weighted by molar-refractivity contribution is -0.384. The molecule has 16 N–H and O–H groups in total. The Bertz CT molecular complexity index is 2230. The van der Waals surface area contributed by atoms with Crippen LogP contribution in [0.15, 0.2) is 52.7 Å². The van der Waals surface area contributed by atoms with Crippen molar-refractivity contribution < 1.29 is 119 Å². The van der Waals surface area contributed by atoms with E-state index in [1.54, 1.807) is 12.1 Å². The number of hydrogen-bond acceptors (Lipinski definition) is 28. The zero-order chi connectivity index (χ0) is 58.5. The second-order valence-corrected chi connectivity index (χ2v) is 19.8. The number of carbonyl (C=O) groups is 2. The number of rotatable bonds is 26. The van der Waals surface area contributed by atoms with Crippen molar-refractivity contribution in [1.29, 1.82) is 0 Å². The van der Waals surface area contributed by atoms with Crippen molar-refractivity contribution in [3.8, 4) is 0 Å². The van der Waals surface area contributed by atoms with Gasteiger partial charge in [0.2, 0.25) is 11.8 Å². The third-order valence-corrected chi connectivity index (χ3v) is 14.3. The molecule has 0 bridgehead atoms. The maximum absolute atomic E-state index is 13.9. The molecule has 2 unspecified atom stereocenters. The third kappa shape index (κ3) is 16.2. The number of nitro groups is 1. The van der Waals surface area contributed by atoms with Crippen LogP contribution in [0, 0.1) is 16.0 Å². The minimum absolute atomic E-state index is 0.0735. The summed E-state index contributed by atoms with van der Waals surface area (Å²) in [4.78, 5) is 40.4. The largest absolute Gasteiger partial charge is 0.394 e. The van der Waals surface area contributed by atoms with Crippen LogP contribution in [0.1, 0.15) is 32.6 Å². The number of azo groups is 1. The van der Waals surface area contributed by atoms with E-state index in [0.717, 1.165) is 5.69 Å². The lowest BCUT2D eigenvalue weighted by atomic mass is 9.95. The van der Waals surface area contributed by atoms with Crippen LogP contribution in [-0.4, -0.2) is 264 Å². The van der Waals surface area contributed by atoms with Gasteiger partial charge in [-0.05, 0) is 50.1 Å². The van der Waals surface area contributed by atoms with Gasteiger partial charge in [0, 0.05) is 50.6 Å². The topological polar surface area (TPSA) is 477 Å². The van der Waals surface area contributed by atoms with E-state index in [9.17, 15) is 91.2 Å². The molecule has 4 aliphatic heterocycles. The highest BCUT2D eigenvalue weighted by atomic mass is 35.5. The summed E-state index contributed by atoms with van der Waals surface area (Å²) < 4.78 is 38.5. The number of carbonyl (C=O) groups excluding carboxylic acids is 2. The number of nitrogens with one attached hydrogen (secondary N) is 2. The van der Waals surface area contributed by atoms with Gasteiger partial charge in [0.05, 0.1) is 35.5 Å². The Balaban J connectivity index is 1.05. The number of nitro benzene ring substituents is 1. The number of ether oxygens (including phenoxy) is 7. The monoisotopic (exact) mass is 1170 g/mol. The summed E-state index contributed by atoms with van der Waals surface area (Å²) in [5.41, 5.74) is 1.46. The van der Waals surface area contributed by atoms with Gasteiger partial charge in [-0.15, -0.1) is 5.11 Å². The zero-order valence-electron chi connectivity index (χ0n) is 43.1. The molecule has 6 rings (SSSR count). The van der Waals surface area contributed by atoms with Crippen molar-refractivity contribution in [2.75, 3.05) is 57.5 Å². The minimum Gasteiger partial charge on any atom is -0.394 e. The van der Waals surface area contributed by atoms with E-state index in [1.165, 1.54) is 18.2 Å². The predicted octanol–water partition coefficient (Wildman–Crippen LogP) is -4.84. The molecule has 0 saturated carbocycles.